The molecule has 2 aromatic rings. The Morgan fingerprint density at radius 3 is 2.24 bits per heavy atom. The first-order valence-corrected chi connectivity index (χ1v) is 12.6. The minimum Gasteiger partial charge on any atom is -0.465 e. The zero-order valence-corrected chi connectivity index (χ0v) is 20.7. The lowest BCUT2D eigenvalue weighted by Crippen LogP contribution is -2.56. The third kappa shape index (κ3) is 4.78. The second-order valence-electron chi connectivity index (χ2n) is 11.0. The molecule has 0 aromatic heterocycles. The van der Waals surface area contributed by atoms with Gasteiger partial charge in [0, 0.05) is 24.7 Å². The monoisotopic (exact) mass is 466 g/mol. The van der Waals surface area contributed by atoms with E-state index in [1.807, 2.05) is 68.1 Å². The van der Waals surface area contributed by atoms with E-state index in [1.165, 1.54) is 4.90 Å². The molecule has 1 saturated carbocycles. The van der Waals surface area contributed by atoms with Gasteiger partial charge in [0.25, 0.3) is 0 Å². The van der Waals surface area contributed by atoms with Gasteiger partial charge in [-0.3, -0.25) is 4.79 Å². The Morgan fingerprint density at radius 1 is 1.00 bits per heavy atom. The zero-order valence-electron chi connectivity index (χ0n) is 20.7. The van der Waals surface area contributed by atoms with E-state index in [0.29, 0.717) is 38.8 Å². The van der Waals surface area contributed by atoms with Crippen LogP contribution in [0.1, 0.15) is 77.2 Å². The Balaban J connectivity index is 1.63. The van der Waals surface area contributed by atoms with E-state index < -0.39 is 23.2 Å². The van der Waals surface area contributed by atoms with Crippen LogP contribution in [-0.4, -0.2) is 62.3 Å². The first-order chi connectivity index (χ1) is 16.1. The van der Waals surface area contributed by atoms with Crippen molar-refractivity contribution in [3.8, 4) is 0 Å². The van der Waals surface area contributed by atoms with Gasteiger partial charge in [0.2, 0.25) is 5.91 Å². The molecule has 0 bridgehead atoms. The molecule has 34 heavy (non-hydrogen) atoms. The Kier molecular flexibility index (Phi) is 6.90. The van der Waals surface area contributed by atoms with Crippen LogP contribution in [0.2, 0.25) is 0 Å². The topological polar surface area (TPSA) is 81.1 Å². The lowest BCUT2D eigenvalue weighted by atomic mass is 9.71. The average Bonchev–Trinajstić information content (AvgIpc) is 2.79. The quantitative estimate of drug-likeness (QED) is 0.633. The number of nitrogens with zero attached hydrogens (tertiary/aromatic N) is 2. The predicted octanol–water partition coefficient (Wildman–Crippen LogP) is 5.39. The Labute approximate surface area is 202 Å². The first-order valence-electron chi connectivity index (χ1n) is 12.6. The van der Waals surface area contributed by atoms with Crippen molar-refractivity contribution in [1.82, 2.24) is 9.80 Å². The number of fused-ring (bicyclic) bond motifs is 1. The largest absolute Gasteiger partial charge is 0.465 e. The van der Waals surface area contributed by atoms with Crippen molar-refractivity contribution in [2.45, 2.75) is 88.8 Å². The molecule has 1 aliphatic heterocycles. The van der Waals surface area contributed by atoms with E-state index in [0.717, 1.165) is 35.6 Å². The minimum absolute atomic E-state index is 0.0307. The van der Waals surface area contributed by atoms with Crippen LogP contribution in [0.5, 0.6) is 0 Å². The molecule has 2 aliphatic rings. The summed E-state index contributed by atoms with van der Waals surface area (Å²) >= 11 is 0. The molecule has 6 heteroatoms. The van der Waals surface area contributed by atoms with Gasteiger partial charge in [0.05, 0.1) is 11.5 Å². The number of carbonyl (C=O) groups excluding carboxylic acids is 1. The summed E-state index contributed by atoms with van der Waals surface area (Å²) < 4.78 is 0. The summed E-state index contributed by atoms with van der Waals surface area (Å²) in [6.07, 6.45) is 4.48. The summed E-state index contributed by atoms with van der Waals surface area (Å²) in [5, 5.41) is 23.7. The highest BCUT2D eigenvalue weighted by molar-refractivity contribution is 5.94. The number of benzene rings is 2. The van der Waals surface area contributed by atoms with E-state index in [4.69, 9.17) is 0 Å². The lowest BCUT2D eigenvalue weighted by Gasteiger charge is -2.45. The molecule has 2 amide bonds. The van der Waals surface area contributed by atoms with Gasteiger partial charge in [-0.1, -0.05) is 61.7 Å². The molecule has 184 valence electrons. The zero-order chi connectivity index (χ0) is 24.5. The second kappa shape index (κ2) is 9.57. The van der Waals surface area contributed by atoms with E-state index in [9.17, 15) is 19.8 Å². The summed E-state index contributed by atoms with van der Waals surface area (Å²) in [5.74, 6) is -0.648. The van der Waals surface area contributed by atoms with Gasteiger partial charge in [0.1, 0.15) is 0 Å². The normalized spacial score (nSPS) is 20.2. The van der Waals surface area contributed by atoms with Gasteiger partial charge in [-0.2, -0.15) is 0 Å². The second-order valence-corrected chi connectivity index (χ2v) is 11.0. The smallest absolute Gasteiger partial charge is 0.407 e. The van der Waals surface area contributed by atoms with Crippen LogP contribution in [-0.2, 0) is 4.79 Å². The fourth-order valence-corrected chi connectivity index (χ4v) is 6.13. The van der Waals surface area contributed by atoms with Crippen LogP contribution >= 0.6 is 0 Å². The molecular weight excluding hydrogens is 428 g/mol. The summed E-state index contributed by atoms with van der Waals surface area (Å²) in [6, 6.07) is 14.0. The molecule has 1 heterocycles. The molecule has 1 saturated heterocycles. The summed E-state index contributed by atoms with van der Waals surface area (Å²) in [7, 11) is 0. The number of piperidine rings is 1. The van der Waals surface area contributed by atoms with Crippen molar-refractivity contribution in [3.63, 3.8) is 0 Å². The van der Waals surface area contributed by atoms with E-state index in [2.05, 4.69) is 0 Å². The molecule has 2 aromatic carbocycles. The summed E-state index contributed by atoms with van der Waals surface area (Å²) in [6.45, 7) is 6.73. The molecule has 0 spiro atoms. The predicted molar refractivity (Wildman–Crippen MR) is 134 cm³/mol. The first kappa shape index (κ1) is 24.5. The maximum atomic E-state index is 14.1. The Hall–Kier alpha value is -2.60. The number of amides is 2. The maximum Gasteiger partial charge on any atom is 0.407 e. The van der Waals surface area contributed by atoms with Crippen molar-refractivity contribution in [2.24, 2.45) is 0 Å². The molecule has 1 aliphatic carbocycles. The standard InChI is InChI=1S/C28H38N2O4/c1-27(2,3)30(26(32)33)21-14-18-29(19-15-21)25(31)24(28(34)16-7-4-8-17-28)23-13-9-11-20-10-5-6-12-22(20)23/h5-6,9-13,21,24,34H,4,7-8,14-19H2,1-3H3,(H,32,33). The van der Waals surface area contributed by atoms with Crippen molar-refractivity contribution >= 4 is 22.8 Å². The molecule has 0 radical (unpaired) electrons. The SMILES string of the molecule is CC(C)(C)N(C(=O)O)C1CCN(C(=O)C(c2cccc3ccccc23)C2(O)CCCCC2)CC1. The van der Waals surface area contributed by atoms with Gasteiger partial charge in [-0.15, -0.1) is 0 Å². The maximum absolute atomic E-state index is 14.1. The van der Waals surface area contributed by atoms with Crippen LogP contribution in [0.15, 0.2) is 42.5 Å². The summed E-state index contributed by atoms with van der Waals surface area (Å²) in [5.41, 5.74) is -0.656. The number of hydrogen-bond acceptors (Lipinski definition) is 3. The molecule has 2 N–H and O–H groups in total. The van der Waals surface area contributed by atoms with Crippen LogP contribution in [0.3, 0.4) is 0 Å². The Bertz CT molecular complexity index is 1020. The fraction of sp³-hybridized carbons (Fsp3) is 0.571. The van der Waals surface area contributed by atoms with Crippen LogP contribution < -0.4 is 0 Å². The van der Waals surface area contributed by atoms with Gasteiger partial charge < -0.3 is 20.0 Å². The molecule has 6 nitrogen and oxygen atoms in total. The number of carboxylic acid groups (broad SMARTS) is 1. The van der Waals surface area contributed by atoms with E-state index in [-0.39, 0.29) is 11.9 Å². The highest BCUT2D eigenvalue weighted by atomic mass is 16.4. The lowest BCUT2D eigenvalue weighted by molar-refractivity contribution is -0.143. The number of carbonyl (C=O) groups is 2. The third-order valence-electron chi connectivity index (χ3n) is 7.71. The third-order valence-corrected chi connectivity index (χ3v) is 7.71. The fourth-order valence-electron chi connectivity index (χ4n) is 6.13. The van der Waals surface area contributed by atoms with Gasteiger partial charge in [-0.25, -0.2) is 4.79 Å². The molecule has 4 rings (SSSR count). The van der Waals surface area contributed by atoms with E-state index >= 15 is 0 Å². The van der Waals surface area contributed by atoms with Crippen molar-refractivity contribution in [3.05, 3.63) is 48.0 Å². The van der Waals surface area contributed by atoms with Crippen molar-refractivity contribution in [1.29, 1.82) is 0 Å². The van der Waals surface area contributed by atoms with Gasteiger partial charge in [0.15, 0.2) is 0 Å². The minimum atomic E-state index is -1.06. The highest BCUT2D eigenvalue weighted by Crippen LogP contribution is 2.43. The Morgan fingerprint density at radius 2 is 1.62 bits per heavy atom. The number of hydrogen-bond donors (Lipinski definition) is 2. The number of rotatable bonds is 4. The van der Waals surface area contributed by atoms with Crippen molar-refractivity contribution < 1.29 is 19.8 Å². The molecule has 1 unspecified atom stereocenters. The van der Waals surface area contributed by atoms with Crippen LogP contribution in [0.25, 0.3) is 10.8 Å². The van der Waals surface area contributed by atoms with Crippen LogP contribution in [0, 0.1) is 0 Å². The van der Waals surface area contributed by atoms with Crippen LogP contribution in [0.4, 0.5) is 4.79 Å². The average molecular weight is 467 g/mol. The summed E-state index contributed by atoms with van der Waals surface area (Å²) in [4.78, 5) is 29.4. The number of likely N-dealkylation sites (tertiary alicyclic amines) is 1. The number of aliphatic hydroxyl groups is 1. The van der Waals surface area contributed by atoms with Crippen molar-refractivity contribution in [2.75, 3.05) is 13.1 Å². The van der Waals surface area contributed by atoms with Gasteiger partial charge in [-0.05, 0) is 62.8 Å². The molecule has 1 atom stereocenters. The van der Waals surface area contributed by atoms with E-state index in [1.54, 1.807) is 0 Å². The molecule has 2 fully saturated rings. The highest BCUT2D eigenvalue weighted by Gasteiger charge is 2.46. The van der Waals surface area contributed by atoms with Gasteiger partial charge >= 0.3 is 6.09 Å². The molecular formula is C28H38N2O4.